The third kappa shape index (κ3) is 2.77. The van der Waals surface area contributed by atoms with Crippen LogP contribution < -0.4 is 5.32 Å². The zero-order chi connectivity index (χ0) is 10.4. The maximum atomic E-state index is 4.01. The Balaban J connectivity index is 2.53. The molecule has 1 aromatic rings. The molecule has 0 aliphatic rings. The third-order valence-electron chi connectivity index (χ3n) is 2.35. The van der Waals surface area contributed by atoms with Crippen molar-refractivity contribution < 1.29 is 0 Å². The average Bonchev–Trinajstić information content (AvgIpc) is 2.65. The van der Waals surface area contributed by atoms with Gasteiger partial charge >= 0.3 is 0 Å². The fourth-order valence-electron chi connectivity index (χ4n) is 1.32. The summed E-state index contributed by atoms with van der Waals surface area (Å²) < 4.78 is 1.89. The molecule has 1 atom stereocenters. The molecule has 1 aromatic heterocycles. The number of hydrogen-bond donors (Lipinski definition) is 1. The largest absolute Gasteiger partial charge is 0.311 e. The van der Waals surface area contributed by atoms with Crippen LogP contribution in [0, 0.1) is 0 Å². The van der Waals surface area contributed by atoms with Crippen molar-refractivity contribution >= 4 is 0 Å². The van der Waals surface area contributed by atoms with Crippen LogP contribution in [0.25, 0.3) is 0 Å². The molecular weight excluding hydrogens is 178 g/mol. The molecule has 80 valence electrons. The Morgan fingerprint density at radius 2 is 2.21 bits per heavy atom. The minimum atomic E-state index is 0.214. The van der Waals surface area contributed by atoms with Crippen molar-refractivity contribution in [2.24, 2.45) is 0 Å². The lowest BCUT2D eigenvalue weighted by molar-refractivity contribution is 0.486. The van der Waals surface area contributed by atoms with Crippen LogP contribution in [0.5, 0.6) is 0 Å². The Bertz CT molecular complexity index is 257. The lowest BCUT2D eigenvalue weighted by Gasteiger charge is -2.09. The maximum absolute atomic E-state index is 4.01. The minimum absolute atomic E-state index is 0.214. The van der Waals surface area contributed by atoms with Gasteiger partial charge in [0.05, 0.1) is 6.04 Å². The van der Waals surface area contributed by atoms with Gasteiger partial charge in [-0.2, -0.15) is 0 Å². The van der Waals surface area contributed by atoms with E-state index in [0.29, 0.717) is 0 Å². The molecule has 1 heterocycles. The van der Waals surface area contributed by atoms with E-state index >= 15 is 0 Å². The second-order valence-corrected chi connectivity index (χ2v) is 3.48. The first-order valence-corrected chi connectivity index (χ1v) is 5.23. The molecular formula is C9H19N5. The van der Waals surface area contributed by atoms with Gasteiger partial charge in [-0.05, 0) is 30.8 Å². The van der Waals surface area contributed by atoms with Crippen LogP contribution >= 0.6 is 0 Å². The quantitative estimate of drug-likeness (QED) is 0.695. The van der Waals surface area contributed by atoms with Crippen LogP contribution in [0.3, 0.4) is 0 Å². The summed E-state index contributed by atoms with van der Waals surface area (Å²) >= 11 is 0. The summed E-state index contributed by atoms with van der Waals surface area (Å²) in [5.74, 6) is 0.920. The Labute approximate surface area is 84.9 Å². The highest BCUT2D eigenvalue weighted by molar-refractivity contribution is 4.88. The molecule has 1 unspecified atom stereocenters. The maximum Gasteiger partial charge on any atom is 0.167 e. The van der Waals surface area contributed by atoms with E-state index in [1.807, 2.05) is 11.7 Å². The number of rotatable bonds is 6. The Morgan fingerprint density at radius 3 is 2.86 bits per heavy atom. The van der Waals surface area contributed by atoms with Crippen LogP contribution in [-0.2, 0) is 6.54 Å². The second kappa shape index (κ2) is 5.70. The summed E-state index contributed by atoms with van der Waals surface area (Å²) in [6.45, 7) is 5.17. The zero-order valence-electron chi connectivity index (χ0n) is 9.19. The van der Waals surface area contributed by atoms with Gasteiger partial charge < -0.3 is 5.32 Å². The Hall–Kier alpha value is -0.970. The van der Waals surface area contributed by atoms with Crippen LogP contribution in [-0.4, -0.2) is 27.3 Å². The lowest BCUT2D eigenvalue weighted by atomic mass is 10.2. The number of nitrogens with one attached hydrogen (secondary N) is 1. The molecule has 0 radical (unpaired) electrons. The van der Waals surface area contributed by atoms with Crippen molar-refractivity contribution in [3.05, 3.63) is 5.82 Å². The van der Waals surface area contributed by atoms with E-state index in [9.17, 15) is 0 Å². The molecule has 5 nitrogen and oxygen atoms in total. The first kappa shape index (κ1) is 11.1. The van der Waals surface area contributed by atoms with Crippen molar-refractivity contribution in [3.8, 4) is 0 Å². The van der Waals surface area contributed by atoms with Crippen molar-refractivity contribution in [1.29, 1.82) is 0 Å². The van der Waals surface area contributed by atoms with Crippen LogP contribution in [0.2, 0.25) is 0 Å². The molecule has 0 fully saturated rings. The number of unbranched alkanes of at least 4 members (excludes halogenated alkanes) is 2. The van der Waals surface area contributed by atoms with Gasteiger partial charge in [0.15, 0.2) is 5.82 Å². The molecule has 0 aliphatic heterocycles. The van der Waals surface area contributed by atoms with Gasteiger partial charge in [0.2, 0.25) is 0 Å². The van der Waals surface area contributed by atoms with Gasteiger partial charge in [-0.3, -0.25) is 0 Å². The number of nitrogens with zero attached hydrogens (tertiary/aromatic N) is 4. The molecule has 1 rings (SSSR count). The van der Waals surface area contributed by atoms with E-state index in [0.717, 1.165) is 18.8 Å². The predicted molar refractivity (Wildman–Crippen MR) is 54.8 cm³/mol. The topological polar surface area (TPSA) is 55.6 Å². The standard InChI is InChI=1S/C9H19N5/c1-4-5-6-7-14-9(8(2)10-3)11-12-13-14/h8,10H,4-7H2,1-3H3. The molecule has 0 aromatic carbocycles. The first-order valence-electron chi connectivity index (χ1n) is 5.23. The molecule has 14 heavy (non-hydrogen) atoms. The van der Waals surface area contributed by atoms with E-state index in [1.54, 1.807) is 0 Å². The van der Waals surface area contributed by atoms with Gasteiger partial charge in [-0.25, -0.2) is 4.68 Å². The van der Waals surface area contributed by atoms with Crippen LogP contribution in [0.1, 0.15) is 45.0 Å². The summed E-state index contributed by atoms with van der Waals surface area (Å²) in [5, 5.41) is 14.8. The highest BCUT2D eigenvalue weighted by Gasteiger charge is 2.11. The first-order chi connectivity index (χ1) is 6.79. The third-order valence-corrected chi connectivity index (χ3v) is 2.35. The Morgan fingerprint density at radius 1 is 1.43 bits per heavy atom. The van der Waals surface area contributed by atoms with Gasteiger partial charge in [-0.15, -0.1) is 5.10 Å². The fraction of sp³-hybridized carbons (Fsp3) is 0.889. The van der Waals surface area contributed by atoms with Gasteiger partial charge in [0.1, 0.15) is 0 Å². The summed E-state index contributed by atoms with van der Waals surface area (Å²) in [7, 11) is 1.91. The second-order valence-electron chi connectivity index (χ2n) is 3.48. The van der Waals surface area contributed by atoms with E-state index in [1.165, 1.54) is 12.8 Å². The Kier molecular flexibility index (Phi) is 4.52. The van der Waals surface area contributed by atoms with Gasteiger partial charge in [-0.1, -0.05) is 19.8 Å². The summed E-state index contributed by atoms with van der Waals surface area (Å²) in [6, 6.07) is 0.214. The van der Waals surface area contributed by atoms with Crippen LogP contribution in [0.15, 0.2) is 0 Å². The highest BCUT2D eigenvalue weighted by atomic mass is 15.5. The monoisotopic (exact) mass is 197 g/mol. The molecule has 0 aliphatic carbocycles. The molecule has 5 heteroatoms. The van der Waals surface area contributed by atoms with E-state index in [2.05, 4.69) is 34.7 Å². The number of hydrogen-bond acceptors (Lipinski definition) is 4. The van der Waals surface area contributed by atoms with Crippen LogP contribution in [0.4, 0.5) is 0 Å². The average molecular weight is 197 g/mol. The molecule has 0 spiro atoms. The molecule has 1 N–H and O–H groups in total. The van der Waals surface area contributed by atoms with Crippen molar-refractivity contribution in [1.82, 2.24) is 25.5 Å². The fourth-order valence-corrected chi connectivity index (χ4v) is 1.32. The molecule has 0 amide bonds. The summed E-state index contributed by atoms with van der Waals surface area (Å²) in [5.41, 5.74) is 0. The highest BCUT2D eigenvalue weighted by Crippen LogP contribution is 2.07. The minimum Gasteiger partial charge on any atom is -0.311 e. The van der Waals surface area contributed by atoms with Crippen molar-refractivity contribution in [3.63, 3.8) is 0 Å². The molecule has 0 saturated carbocycles. The summed E-state index contributed by atoms with van der Waals surface area (Å²) in [4.78, 5) is 0. The number of aromatic nitrogens is 4. The number of tetrazole rings is 1. The van der Waals surface area contributed by atoms with E-state index < -0.39 is 0 Å². The van der Waals surface area contributed by atoms with Gasteiger partial charge in [0.25, 0.3) is 0 Å². The van der Waals surface area contributed by atoms with Gasteiger partial charge in [0, 0.05) is 6.54 Å². The van der Waals surface area contributed by atoms with Crippen molar-refractivity contribution in [2.75, 3.05) is 7.05 Å². The van der Waals surface area contributed by atoms with E-state index in [-0.39, 0.29) is 6.04 Å². The predicted octanol–water partition coefficient (Wildman–Crippen LogP) is 1.14. The molecule has 0 saturated heterocycles. The zero-order valence-corrected chi connectivity index (χ0v) is 9.19. The summed E-state index contributed by atoms with van der Waals surface area (Å²) in [6.07, 6.45) is 3.59. The SMILES string of the molecule is CCCCCn1nnnc1C(C)NC. The normalized spacial score (nSPS) is 13.1. The number of aryl methyl sites for hydroxylation is 1. The van der Waals surface area contributed by atoms with Crippen molar-refractivity contribution in [2.45, 2.75) is 45.7 Å². The smallest absolute Gasteiger partial charge is 0.167 e. The van der Waals surface area contributed by atoms with E-state index in [4.69, 9.17) is 0 Å². The lowest BCUT2D eigenvalue weighted by Crippen LogP contribution is -2.18. The molecule has 0 bridgehead atoms.